The molecule has 0 radical (unpaired) electrons. The quantitative estimate of drug-likeness (QED) is 0.279. The van der Waals surface area contributed by atoms with Gasteiger partial charge in [-0.05, 0) is 68.3 Å². The first-order valence-electron chi connectivity index (χ1n) is 12.5. The van der Waals surface area contributed by atoms with Crippen LogP contribution in [-0.4, -0.2) is 52.2 Å². The molecule has 1 fully saturated rings. The second-order valence-corrected chi connectivity index (χ2v) is 11.8. The minimum Gasteiger partial charge on any atom is -0.497 e. The molecule has 198 valence electrons. The largest absolute Gasteiger partial charge is 0.497 e. The summed E-state index contributed by atoms with van der Waals surface area (Å²) >= 11 is 1.42. The van der Waals surface area contributed by atoms with Crippen LogP contribution in [0, 0.1) is 0 Å². The third kappa shape index (κ3) is 5.24. The number of ether oxygens (including phenoxy) is 2. The SMILES string of the molecule is CCN(c1ccccc1)S(=O)(=O)c1ccc(C(=O)N(CC2CCCO2)c2nc3cc(OC)ccc3s2)cc1. The molecule has 1 unspecified atom stereocenters. The second-order valence-electron chi connectivity index (χ2n) is 8.91. The number of benzene rings is 3. The second kappa shape index (κ2) is 11.1. The first-order valence-corrected chi connectivity index (χ1v) is 14.7. The molecule has 1 atom stereocenters. The number of sulfonamides is 1. The Morgan fingerprint density at radius 3 is 2.53 bits per heavy atom. The molecule has 5 rings (SSSR count). The number of carbonyl (C=O) groups excluding carboxylic acids is 1. The maximum Gasteiger partial charge on any atom is 0.264 e. The first kappa shape index (κ1) is 26.1. The molecule has 0 bridgehead atoms. The highest BCUT2D eigenvalue weighted by Crippen LogP contribution is 2.33. The molecule has 1 aromatic heterocycles. The van der Waals surface area contributed by atoms with E-state index < -0.39 is 10.0 Å². The maximum absolute atomic E-state index is 13.8. The lowest BCUT2D eigenvalue weighted by molar-refractivity contribution is 0.0917. The van der Waals surface area contributed by atoms with E-state index >= 15 is 0 Å². The summed E-state index contributed by atoms with van der Waals surface area (Å²) in [5.74, 6) is 0.436. The van der Waals surface area contributed by atoms with E-state index in [1.165, 1.54) is 27.8 Å². The number of amides is 1. The molecular formula is C28H29N3O5S2. The average Bonchev–Trinajstić information content (AvgIpc) is 3.61. The van der Waals surface area contributed by atoms with Crippen molar-refractivity contribution < 1.29 is 22.7 Å². The van der Waals surface area contributed by atoms with E-state index in [1.807, 2.05) is 24.3 Å². The lowest BCUT2D eigenvalue weighted by atomic mass is 10.2. The molecule has 8 nitrogen and oxygen atoms in total. The highest BCUT2D eigenvalue weighted by atomic mass is 32.2. The van der Waals surface area contributed by atoms with Crippen LogP contribution in [0.2, 0.25) is 0 Å². The predicted octanol–water partition coefficient (Wildman–Crippen LogP) is 5.35. The lowest BCUT2D eigenvalue weighted by Crippen LogP contribution is -2.37. The fourth-order valence-corrected chi connectivity index (χ4v) is 6.94. The van der Waals surface area contributed by atoms with Crippen molar-refractivity contribution in [3.8, 4) is 5.75 Å². The molecule has 0 saturated carbocycles. The van der Waals surface area contributed by atoms with Gasteiger partial charge in [-0.1, -0.05) is 29.5 Å². The molecule has 1 amide bonds. The van der Waals surface area contributed by atoms with Gasteiger partial charge in [0, 0.05) is 24.8 Å². The lowest BCUT2D eigenvalue weighted by Gasteiger charge is -2.24. The fraction of sp³-hybridized carbons (Fsp3) is 0.286. The minimum absolute atomic E-state index is 0.0795. The van der Waals surface area contributed by atoms with Crippen LogP contribution >= 0.6 is 11.3 Å². The Kier molecular flexibility index (Phi) is 7.64. The van der Waals surface area contributed by atoms with E-state index in [0.717, 1.165) is 23.1 Å². The topological polar surface area (TPSA) is 89.0 Å². The molecule has 0 aliphatic carbocycles. The molecule has 10 heteroatoms. The van der Waals surface area contributed by atoms with Crippen LogP contribution in [0.4, 0.5) is 10.8 Å². The number of para-hydroxylation sites is 1. The van der Waals surface area contributed by atoms with Crippen molar-refractivity contribution in [2.24, 2.45) is 0 Å². The monoisotopic (exact) mass is 551 g/mol. The number of methoxy groups -OCH3 is 1. The van der Waals surface area contributed by atoms with Crippen molar-refractivity contribution in [1.29, 1.82) is 0 Å². The fourth-order valence-electron chi connectivity index (χ4n) is 4.52. The molecule has 0 spiro atoms. The Balaban J connectivity index is 1.45. The van der Waals surface area contributed by atoms with Crippen LogP contribution in [0.5, 0.6) is 5.75 Å². The van der Waals surface area contributed by atoms with Crippen LogP contribution < -0.4 is 13.9 Å². The van der Waals surface area contributed by atoms with E-state index in [9.17, 15) is 13.2 Å². The molecule has 2 heterocycles. The molecule has 4 aromatic rings. The zero-order chi connectivity index (χ0) is 26.7. The molecule has 3 aromatic carbocycles. The van der Waals surface area contributed by atoms with Gasteiger partial charge in [-0.2, -0.15) is 0 Å². The zero-order valence-corrected chi connectivity index (χ0v) is 22.9. The highest BCUT2D eigenvalue weighted by molar-refractivity contribution is 7.92. The number of fused-ring (bicyclic) bond motifs is 1. The summed E-state index contributed by atoms with van der Waals surface area (Å²) in [6.07, 6.45) is 1.74. The van der Waals surface area contributed by atoms with E-state index in [4.69, 9.17) is 14.5 Å². The van der Waals surface area contributed by atoms with Gasteiger partial charge in [0.05, 0.1) is 40.6 Å². The summed E-state index contributed by atoms with van der Waals surface area (Å²) in [4.78, 5) is 20.2. The van der Waals surface area contributed by atoms with Gasteiger partial charge in [-0.15, -0.1) is 0 Å². The Morgan fingerprint density at radius 1 is 1.11 bits per heavy atom. The minimum atomic E-state index is -3.80. The van der Waals surface area contributed by atoms with Crippen molar-refractivity contribution in [2.75, 3.05) is 36.0 Å². The van der Waals surface area contributed by atoms with E-state index in [0.29, 0.717) is 35.3 Å². The predicted molar refractivity (Wildman–Crippen MR) is 150 cm³/mol. The number of nitrogens with zero attached hydrogens (tertiary/aromatic N) is 3. The number of aromatic nitrogens is 1. The summed E-state index contributed by atoms with van der Waals surface area (Å²) in [6.45, 7) is 3.11. The maximum atomic E-state index is 13.8. The van der Waals surface area contributed by atoms with Gasteiger partial charge in [0.15, 0.2) is 5.13 Å². The van der Waals surface area contributed by atoms with Gasteiger partial charge >= 0.3 is 0 Å². The van der Waals surface area contributed by atoms with Crippen LogP contribution in [0.3, 0.4) is 0 Å². The molecule has 1 aliphatic rings. The molecule has 1 saturated heterocycles. The standard InChI is InChI=1S/C28H29N3O5S2/c1-3-31(21-8-5-4-6-9-21)38(33,34)24-14-11-20(12-15-24)27(32)30(19-23-10-7-17-36-23)28-29-25-18-22(35-2)13-16-26(25)37-28/h4-6,8-9,11-16,18,23H,3,7,10,17,19H2,1-2H3. The normalized spacial score (nSPS) is 15.5. The first-order chi connectivity index (χ1) is 18.4. The Hall–Kier alpha value is -3.47. The summed E-state index contributed by atoms with van der Waals surface area (Å²) in [5.41, 5.74) is 1.71. The summed E-state index contributed by atoms with van der Waals surface area (Å²) < 4.78 is 40.2. The zero-order valence-electron chi connectivity index (χ0n) is 21.2. The van der Waals surface area contributed by atoms with Gasteiger partial charge in [0.25, 0.3) is 15.9 Å². The summed E-state index contributed by atoms with van der Waals surface area (Å²) in [6, 6.07) is 20.7. The van der Waals surface area contributed by atoms with Gasteiger partial charge in [0.1, 0.15) is 5.75 Å². The van der Waals surface area contributed by atoms with Gasteiger partial charge in [0.2, 0.25) is 0 Å². The molecular weight excluding hydrogens is 522 g/mol. The third-order valence-corrected chi connectivity index (χ3v) is 9.47. The smallest absolute Gasteiger partial charge is 0.264 e. The Morgan fingerprint density at radius 2 is 1.87 bits per heavy atom. The van der Waals surface area contributed by atoms with Gasteiger partial charge in [-0.25, -0.2) is 13.4 Å². The van der Waals surface area contributed by atoms with E-state index in [-0.39, 0.29) is 23.5 Å². The van der Waals surface area contributed by atoms with Crippen molar-refractivity contribution >= 4 is 48.3 Å². The van der Waals surface area contributed by atoms with Gasteiger partial charge < -0.3 is 9.47 Å². The Labute approximate surface area is 226 Å². The number of carbonyl (C=O) groups is 1. The van der Waals surface area contributed by atoms with E-state index in [2.05, 4.69) is 0 Å². The number of anilines is 2. The van der Waals surface area contributed by atoms with Crippen LogP contribution in [0.1, 0.15) is 30.1 Å². The number of rotatable bonds is 9. The van der Waals surface area contributed by atoms with Crippen LogP contribution in [-0.2, 0) is 14.8 Å². The van der Waals surface area contributed by atoms with Crippen molar-refractivity contribution in [1.82, 2.24) is 4.98 Å². The van der Waals surface area contributed by atoms with Crippen molar-refractivity contribution in [2.45, 2.75) is 30.8 Å². The van der Waals surface area contributed by atoms with Crippen molar-refractivity contribution in [3.05, 3.63) is 78.4 Å². The van der Waals surface area contributed by atoms with E-state index in [1.54, 1.807) is 55.3 Å². The molecule has 38 heavy (non-hydrogen) atoms. The number of thiazole rings is 1. The molecule has 0 N–H and O–H groups in total. The Bertz CT molecular complexity index is 1520. The third-order valence-electron chi connectivity index (χ3n) is 6.49. The summed E-state index contributed by atoms with van der Waals surface area (Å²) in [7, 11) is -2.19. The van der Waals surface area contributed by atoms with Crippen molar-refractivity contribution in [3.63, 3.8) is 0 Å². The average molecular weight is 552 g/mol. The van der Waals surface area contributed by atoms with Gasteiger partial charge in [-0.3, -0.25) is 14.0 Å². The number of hydrogen-bond donors (Lipinski definition) is 0. The number of hydrogen-bond acceptors (Lipinski definition) is 7. The van der Waals surface area contributed by atoms with Crippen LogP contribution in [0.25, 0.3) is 10.2 Å². The molecule has 1 aliphatic heterocycles. The van der Waals surface area contributed by atoms with Crippen LogP contribution in [0.15, 0.2) is 77.7 Å². The highest BCUT2D eigenvalue weighted by Gasteiger charge is 2.28. The summed E-state index contributed by atoms with van der Waals surface area (Å²) in [5, 5.41) is 0.562.